The van der Waals surface area contributed by atoms with Crippen molar-refractivity contribution in [1.29, 1.82) is 0 Å². The molecule has 3 rings (SSSR count). The van der Waals surface area contributed by atoms with E-state index in [0.29, 0.717) is 11.8 Å². The molecule has 1 aromatic rings. The van der Waals surface area contributed by atoms with Crippen LogP contribution in [-0.2, 0) is 0 Å². The van der Waals surface area contributed by atoms with E-state index in [9.17, 15) is 13.2 Å². The third kappa shape index (κ3) is 3.18. The summed E-state index contributed by atoms with van der Waals surface area (Å²) in [6.45, 7) is 0. The second-order valence-electron chi connectivity index (χ2n) is 6.00. The first-order chi connectivity index (χ1) is 9.94. The van der Waals surface area contributed by atoms with Crippen LogP contribution in [0.2, 0.25) is 0 Å². The number of ether oxygens (including phenoxy) is 1. The molecule has 0 bridgehead atoms. The van der Waals surface area contributed by atoms with Crippen molar-refractivity contribution in [1.82, 2.24) is 0 Å². The van der Waals surface area contributed by atoms with Crippen LogP contribution in [-0.4, -0.2) is 12.4 Å². The first-order valence-electron chi connectivity index (χ1n) is 7.41. The van der Waals surface area contributed by atoms with E-state index in [1.54, 1.807) is 12.1 Å². The molecule has 2 saturated carbocycles. The monoisotopic (exact) mass is 298 g/mol. The van der Waals surface area contributed by atoms with Crippen LogP contribution in [0.15, 0.2) is 24.3 Å². The second kappa shape index (κ2) is 5.52. The van der Waals surface area contributed by atoms with Gasteiger partial charge in [-0.05, 0) is 55.2 Å². The predicted octanol–water partition coefficient (Wildman–Crippen LogP) is 4.05. The highest BCUT2D eigenvalue weighted by Gasteiger charge is 2.42. The Hall–Kier alpha value is -1.23. The van der Waals surface area contributed by atoms with E-state index in [2.05, 4.69) is 4.74 Å². The van der Waals surface area contributed by atoms with Gasteiger partial charge in [0.1, 0.15) is 5.75 Å². The van der Waals surface area contributed by atoms with Gasteiger partial charge in [-0.2, -0.15) is 0 Å². The zero-order chi connectivity index (χ0) is 15.0. The molecule has 115 valence electrons. The smallest absolute Gasteiger partial charge is 0.406 e. The molecule has 0 aromatic heterocycles. The van der Waals surface area contributed by atoms with Gasteiger partial charge < -0.3 is 10.5 Å². The summed E-state index contributed by atoms with van der Waals surface area (Å²) in [5.41, 5.74) is 7.19. The van der Waals surface area contributed by atoms with Crippen molar-refractivity contribution in [3.05, 3.63) is 35.7 Å². The topological polar surface area (TPSA) is 35.2 Å². The first-order valence-corrected chi connectivity index (χ1v) is 7.41. The Balaban J connectivity index is 1.67. The van der Waals surface area contributed by atoms with Gasteiger partial charge in [0.15, 0.2) is 0 Å². The molecule has 2 aliphatic rings. The van der Waals surface area contributed by atoms with Crippen molar-refractivity contribution in [2.75, 3.05) is 0 Å². The highest BCUT2D eigenvalue weighted by molar-refractivity contribution is 5.39. The summed E-state index contributed by atoms with van der Waals surface area (Å²) < 4.78 is 40.3. The first kappa shape index (κ1) is 14.7. The van der Waals surface area contributed by atoms with Crippen molar-refractivity contribution in [3.8, 4) is 5.75 Å². The summed E-state index contributed by atoms with van der Waals surface area (Å²) in [5, 5.41) is 0. The summed E-state index contributed by atoms with van der Waals surface area (Å²) in [4.78, 5) is 0. The Labute approximate surface area is 122 Å². The van der Waals surface area contributed by atoms with E-state index in [0.717, 1.165) is 24.8 Å². The van der Waals surface area contributed by atoms with Gasteiger partial charge in [0.2, 0.25) is 0 Å². The van der Waals surface area contributed by atoms with Crippen molar-refractivity contribution >= 4 is 0 Å². The van der Waals surface area contributed by atoms with Gasteiger partial charge in [0.25, 0.3) is 0 Å². The van der Waals surface area contributed by atoms with Gasteiger partial charge in [-0.15, -0.1) is 13.2 Å². The Morgan fingerprint density at radius 1 is 1.05 bits per heavy atom. The Bertz CT molecular complexity index is 485. The molecule has 3 atom stereocenters. The quantitative estimate of drug-likeness (QED) is 0.914. The van der Waals surface area contributed by atoms with E-state index < -0.39 is 6.36 Å². The minimum atomic E-state index is -4.63. The van der Waals surface area contributed by atoms with Gasteiger partial charge >= 0.3 is 6.36 Å². The molecule has 0 spiro atoms. The molecule has 0 amide bonds. The Kier molecular flexibility index (Phi) is 3.86. The Morgan fingerprint density at radius 3 is 2.24 bits per heavy atom. The lowest BCUT2D eigenvalue weighted by Crippen LogP contribution is -2.38. The molecule has 21 heavy (non-hydrogen) atoms. The molecular formula is C16H19F3NO. The van der Waals surface area contributed by atoms with Gasteiger partial charge in [0, 0.05) is 12.0 Å². The SMILES string of the molecule is NC1CCCC1C1CC[C]1c1ccc(OC(F)(F)F)cc1. The lowest BCUT2D eigenvalue weighted by atomic mass is 9.63. The third-order valence-electron chi connectivity index (χ3n) is 4.77. The van der Waals surface area contributed by atoms with Crippen LogP contribution in [0.25, 0.3) is 0 Å². The van der Waals surface area contributed by atoms with Crippen molar-refractivity contribution in [2.45, 2.75) is 44.5 Å². The molecule has 1 radical (unpaired) electrons. The van der Waals surface area contributed by atoms with Crippen LogP contribution in [0, 0.1) is 17.8 Å². The molecule has 1 aromatic carbocycles. The lowest BCUT2D eigenvalue weighted by Gasteiger charge is -2.42. The largest absolute Gasteiger partial charge is 0.573 e. The van der Waals surface area contributed by atoms with Crippen LogP contribution < -0.4 is 10.5 Å². The molecule has 2 fully saturated rings. The van der Waals surface area contributed by atoms with Crippen molar-refractivity contribution in [2.24, 2.45) is 17.6 Å². The molecule has 3 unspecified atom stereocenters. The van der Waals surface area contributed by atoms with Gasteiger partial charge in [0.05, 0.1) is 0 Å². The molecule has 5 heteroatoms. The fraction of sp³-hybridized carbons (Fsp3) is 0.562. The minimum Gasteiger partial charge on any atom is -0.406 e. The summed E-state index contributed by atoms with van der Waals surface area (Å²) >= 11 is 0. The summed E-state index contributed by atoms with van der Waals surface area (Å²) in [6.07, 6.45) is 0.984. The number of alkyl halides is 3. The molecule has 0 heterocycles. The maximum Gasteiger partial charge on any atom is 0.573 e. The van der Waals surface area contributed by atoms with Crippen LogP contribution in [0.4, 0.5) is 13.2 Å². The summed E-state index contributed by atoms with van der Waals surface area (Å²) in [7, 11) is 0. The van der Waals surface area contributed by atoms with E-state index in [-0.39, 0.29) is 11.8 Å². The molecule has 2 nitrogen and oxygen atoms in total. The van der Waals surface area contributed by atoms with E-state index in [1.807, 2.05) is 0 Å². The maximum absolute atomic E-state index is 12.1. The second-order valence-corrected chi connectivity index (χ2v) is 6.00. The van der Waals surface area contributed by atoms with Gasteiger partial charge in [-0.3, -0.25) is 0 Å². The number of hydrogen-bond acceptors (Lipinski definition) is 2. The standard InChI is InChI=1S/C16H19F3NO/c17-16(18,19)21-11-6-4-10(5-7-11)12-8-9-13(12)14-2-1-3-15(14)20/h4-7,13-15H,1-3,8-9,20H2. The van der Waals surface area contributed by atoms with Crippen LogP contribution in [0.3, 0.4) is 0 Å². The van der Waals surface area contributed by atoms with Gasteiger partial charge in [-0.1, -0.05) is 18.6 Å². The molecule has 0 aliphatic heterocycles. The molecule has 2 aliphatic carbocycles. The van der Waals surface area contributed by atoms with Crippen molar-refractivity contribution in [3.63, 3.8) is 0 Å². The van der Waals surface area contributed by atoms with E-state index in [1.165, 1.54) is 30.9 Å². The average Bonchev–Trinajstić information content (AvgIpc) is 2.75. The highest BCUT2D eigenvalue weighted by Crippen LogP contribution is 2.50. The average molecular weight is 298 g/mol. The summed E-state index contributed by atoms with van der Waals surface area (Å²) in [5.74, 6) is 2.23. The Morgan fingerprint density at radius 2 is 1.76 bits per heavy atom. The number of benzene rings is 1. The normalized spacial score (nSPS) is 30.2. The molecule has 0 saturated heterocycles. The number of hydrogen-bond donors (Lipinski definition) is 1. The van der Waals surface area contributed by atoms with Crippen LogP contribution in [0.1, 0.15) is 37.7 Å². The molecule has 2 N–H and O–H groups in total. The fourth-order valence-electron chi connectivity index (χ4n) is 3.67. The lowest BCUT2D eigenvalue weighted by molar-refractivity contribution is -0.274. The zero-order valence-corrected chi connectivity index (χ0v) is 11.7. The maximum atomic E-state index is 12.1. The fourth-order valence-corrected chi connectivity index (χ4v) is 3.67. The number of nitrogens with two attached hydrogens (primary N) is 1. The highest BCUT2D eigenvalue weighted by atomic mass is 19.4. The zero-order valence-electron chi connectivity index (χ0n) is 11.7. The summed E-state index contributed by atoms with van der Waals surface area (Å²) in [6, 6.07) is 6.50. The van der Waals surface area contributed by atoms with E-state index >= 15 is 0 Å². The van der Waals surface area contributed by atoms with E-state index in [4.69, 9.17) is 5.73 Å². The van der Waals surface area contributed by atoms with Crippen LogP contribution in [0.5, 0.6) is 5.75 Å². The molecular weight excluding hydrogens is 279 g/mol. The van der Waals surface area contributed by atoms with Crippen LogP contribution >= 0.6 is 0 Å². The predicted molar refractivity (Wildman–Crippen MR) is 73.5 cm³/mol. The number of halogens is 3. The third-order valence-corrected chi connectivity index (χ3v) is 4.77. The van der Waals surface area contributed by atoms with Gasteiger partial charge in [-0.25, -0.2) is 0 Å². The minimum absolute atomic E-state index is 0.166. The van der Waals surface area contributed by atoms with Crippen molar-refractivity contribution < 1.29 is 17.9 Å². The number of rotatable bonds is 3.